The zero-order chi connectivity index (χ0) is 10.7. The number of halogens is 4. The number of ether oxygens (including phenoxy) is 2. The Labute approximate surface area is 96.5 Å². The molecular formula is C8H6Br2F2O2. The van der Waals surface area contributed by atoms with Gasteiger partial charge < -0.3 is 9.47 Å². The second-order valence-electron chi connectivity index (χ2n) is 2.30. The molecule has 0 fully saturated rings. The van der Waals surface area contributed by atoms with Crippen molar-refractivity contribution >= 4 is 31.9 Å². The summed E-state index contributed by atoms with van der Waals surface area (Å²) >= 11 is 6.39. The van der Waals surface area contributed by atoms with E-state index in [9.17, 15) is 8.78 Å². The van der Waals surface area contributed by atoms with Crippen LogP contribution in [0.5, 0.6) is 11.5 Å². The van der Waals surface area contributed by atoms with Crippen molar-refractivity contribution in [3.8, 4) is 11.5 Å². The van der Waals surface area contributed by atoms with E-state index in [0.29, 0.717) is 8.95 Å². The molecule has 0 unspecified atom stereocenters. The molecule has 0 aliphatic carbocycles. The van der Waals surface area contributed by atoms with Gasteiger partial charge in [-0.2, -0.15) is 8.78 Å². The fraction of sp³-hybridized carbons (Fsp3) is 0.250. The number of rotatable bonds is 3. The smallest absolute Gasteiger partial charge is 0.387 e. The lowest BCUT2D eigenvalue weighted by Crippen LogP contribution is -2.03. The molecule has 14 heavy (non-hydrogen) atoms. The molecule has 0 heterocycles. The highest BCUT2D eigenvalue weighted by Gasteiger charge is 2.12. The van der Waals surface area contributed by atoms with Gasteiger partial charge in [0, 0.05) is 8.95 Å². The van der Waals surface area contributed by atoms with Gasteiger partial charge in [-0.1, -0.05) is 0 Å². The average Bonchev–Trinajstić information content (AvgIpc) is 2.10. The maximum absolute atomic E-state index is 12.0. The number of benzene rings is 1. The van der Waals surface area contributed by atoms with Crippen molar-refractivity contribution < 1.29 is 18.3 Å². The Morgan fingerprint density at radius 2 is 1.64 bits per heavy atom. The van der Waals surface area contributed by atoms with E-state index >= 15 is 0 Å². The fourth-order valence-electron chi connectivity index (χ4n) is 0.858. The Morgan fingerprint density at radius 1 is 1.14 bits per heavy atom. The van der Waals surface area contributed by atoms with Crippen LogP contribution in [-0.4, -0.2) is 13.7 Å². The molecule has 0 saturated heterocycles. The quantitative estimate of drug-likeness (QED) is 0.838. The molecule has 0 bridgehead atoms. The summed E-state index contributed by atoms with van der Waals surface area (Å²) in [5, 5.41) is 0. The van der Waals surface area contributed by atoms with Gasteiger partial charge in [-0.3, -0.25) is 0 Å². The maximum atomic E-state index is 12.0. The topological polar surface area (TPSA) is 18.5 Å². The molecule has 0 amide bonds. The molecule has 1 rings (SSSR count). The summed E-state index contributed by atoms with van der Waals surface area (Å²) in [5.41, 5.74) is 0. The van der Waals surface area contributed by atoms with E-state index in [1.165, 1.54) is 13.2 Å². The van der Waals surface area contributed by atoms with Crippen molar-refractivity contribution in [2.75, 3.05) is 7.11 Å². The zero-order valence-electron chi connectivity index (χ0n) is 7.06. The lowest BCUT2D eigenvalue weighted by molar-refractivity contribution is -0.0512. The van der Waals surface area contributed by atoms with Crippen molar-refractivity contribution in [2.45, 2.75) is 6.61 Å². The summed E-state index contributed by atoms with van der Waals surface area (Å²) in [6.07, 6.45) is 0. The van der Waals surface area contributed by atoms with E-state index in [1.54, 1.807) is 6.07 Å². The van der Waals surface area contributed by atoms with Crippen molar-refractivity contribution in [2.24, 2.45) is 0 Å². The van der Waals surface area contributed by atoms with E-state index in [4.69, 9.17) is 4.74 Å². The van der Waals surface area contributed by atoms with E-state index in [1.807, 2.05) is 0 Å². The Morgan fingerprint density at radius 3 is 2.07 bits per heavy atom. The summed E-state index contributed by atoms with van der Waals surface area (Å²) < 4.78 is 34.4. The first-order valence-corrected chi connectivity index (χ1v) is 5.11. The van der Waals surface area contributed by atoms with E-state index in [-0.39, 0.29) is 11.5 Å². The van der Waals surface area contributed by atoms with Gasteiger partial charge in [0.15, 0.2) is 11.5 Å². The number of methoxy groups -OCH3 is 1. The van der Waals surface area contributed by atoms with Gasteiger partial charge in [0.05, 0.1) is 7.11 Å². The Bertz CT molecular complexity index is 331. The van der Waals surface area contributed by atoms with Crippen LogP contribution in [0.15, 0.2) is 21.1 Å². The largest absolute Gasteiger partial charge is 0.493 e. The third-order valence-electron chi connectivity index (χ3n) is 1.42. The lowest BCUT2D eigenvalue weighted by Gasteiger charge is -2.10. The van der Waals surface area contributed by atoms with Crippen molar-refractivity contribution in [3.63, 3.8) is 0 Å². The van der Waals surface area contributed by atoms with Crippen molar-refractivity contribution in [1.29, 1.82) is 0 Å². The Balaban J connectivity index is 3.07. The van der Waals surface area contributed by atoms with Crippen LogP contribution in [-0.2, 0) is 0 Å². The molecule has 78 valence electrons. The molecule has 0 aliphatic heterocycles. The predicted octanol–water partition coefficient (Wildman–Crippen LogP) is 3.82. The first kappa shape index (κ1) is 11.7. The van der Waals surface area contributed by atoms with Crippen molar-refractivity contribution in [1.82, 2.24) is 0 Å². The molecule has 1 aromatic rings. The molecule has 6 heteroatoms. The third-order valence-corrected chi connectivity index (χ3v) is 3.27. The summed E-state index contributed by atoms with van der Waals surface area (Å²) in [6.45, 7) is -2.86. The monoisotopic (exact) mass is 330 g/mol. The standard InChI is InChI=1S/C8H6Br2F2O2/c1-13-6-2-4(9)5(10)3-7(6)14-8(11)12/h2-3,8H,1H3. The van der Waals surface area contributed by atoms with Gasteiger partial charge >= 0.3 is 6.61 Å². The van der Waals surface area contributed by atoms with Gasteiger partial charge in [-0.05, 0) is 44.0 Å². The van der Waals surface area contributed by atoms with Crippen LogP contribution in [0.2, 0.25) is 0 Å². The number of alkyl halides is 2. The lowest BCUT2D eigenvalue weighted by atomic mass is 10.3. The summed E-state index contributed by atoms with van der Waals surface area (Å²) in [6, 6.07) is 2.96. The molecule has 0 radical (unpaired) electrons. The predicted molar refractivity (Wildman–Crippen MR) is 55.0 cm³/mol. The van der Waals surface area contributed by atoms with Crippen LogP contribution >= 0.6 is 31.9 Å². The minimum Gasteiger partial charge on any atom is -0.493 e. The molecule has 0 spiro atoms. The SMILES string of the molecule is COc1cc(Br)c(Br)cc1OC(F)F. The van der Waals surface area contributed by atoms with Crippen LogP contribution in [0.3, 0.4) is 0 Å². The highest BCUT2D eigenvalue weighted by atomic mass is 79.9. The molecule has 1 aromatic carbocycles. The van der Waals surface area contributed by atoms with Crippen LogP contribution < -0.4 is 9.47 Å². The fourth-order valence-corrected chi connectivity index (χ4v) is 1.50. The zero-order valence-corrected chi connectivity index (χ0v) is 10.2. The molecule has 0 saturated carbocycles. The van der Waals surface area contributed by atoms with Gasteiger partial charge in [0.1, 0.15) is 0 Å². The Hall–Kier alpha value is -0.360. The van der Waals surface area contributed by atoms with E-state index in [0.717, 1.165) is 0 Å². The van der Waals surface area contributed by atoms with E-state index in [2.05, 4.69) is 36.6 Å². The maximum Gasteiger partial charge on any atom is 0.387 e. The van der Waals surface area contributed by atoms with Crippen LogP contribution in [0, 0.1) is 0 Å². The van der Waals surface area contributed by atoms with Crippen LogP contribution in [0.1, 0.15) is 0 Å². The minimum absolute atomic E-state index is 0.00225. The highest BCUT2D eigenvalue weighted by Crippen LogP contribution is 2.36. The van der Waals surface area contributed by atoms with Gasteiger partial charge in [0.2, 0.25) is 0 Å². The minimum atomic E-state index is -2.86. The molecule has 0 atom stereocenters. The molecule has 0 N–H and O–H groups in total. The normalized spacial score (nSPS) is 10.4. The number of hydrogen-bond donors (Lipinski definition) is 0. The van der Waals surface area contributed by atoms with E-state index < -0.39 is 6.61 Å². The summed E-state index contributed by atoms with van der Waals surface area (Å²) in [4.78, 5) is 0. The first-order chi connectivity index (χ1) is 6.54. The average molecular weight is 332 g/mol. The summed E-state index contributed by atoms with van der Waals surface area (Å²) in [7, 11) is 1.38. The number of hydrogen-bond acceptors (Lipinski definition) is 2. The third kappa shape index (κ3) is 2.81. The molecule has 2 nitrogen and oxygen atoms in total. The molecule has 0 aromatic heterocycles. The van der Waals surface area contributed by atoms with Gasteiger partial charge in [-0.15, -0.1) is 0 Å². The second kappa shape index (κ2) is 4.93. The van der Waals surface area contributed by atoms with Crippen molar-refractivity contribution in [3.05, 3.63) is 21.1 Å². The summed E-state index contributed by atoms with van der Waals surface area (Å²) in [5.74, 6) is 0.248. The van der Waals surface area contributed by atoms with Crippen LogP contribution in [0.25, 0.3) is 0 Å². The van der Waals surface area contributed by atoms with Crippen LogP contribution in [0.4, 0.5) is 8.78 Å². The Kier molecular flexibility index (Phi) is 4.12. The molecular weight excluding hydrogens is 326 g/mol. The van der Waals surface area contributed by atoms with Gasteiger partial charge in [0.25, 0.3) is 0 Å². The second-order valence-corrected chi connectivity index (χ2v) is 4.00. The molecule has 0 aliphatic rings. The van der Waals surface area contributed by atoms with Gasteiger partial charge in [-0.25, -0.2) is 0 Å². The first-order valence-electron chi connectivity index (χ1n) is 3.52. The highest BCUT2D eigenvalue weighted by molar-refractivity contribution is 9.13.